The summed E-state index contributed by atoms with van der Waals surface area (Å²) in [6.45, 7) is 4.51. The molecule has 1 N–H and O–H groups in total. The average molecular weight is 518 g/mol. The zero-order valence-corrected chi connectivity index (χ0v) is 22.8. The number of furan rings is 1. The van der Waals surface area contributed by atoms with Crippen LogP contribution in [-0.2, 0) is 0 Å². The molecule has 7 rings (SSSR count). The third-order valence-corrected chi connectivity index (χ3v) is 8.11. The zero-order valence-electron chi connectivity index (χ0n) is 22.8. The molecule has 1 aromatic heterocycles. The Morgan fingerprint density at radius 2 is 1.32 bits per heavy atom. The first-order chi connectivity index (χ1) is 19.6. The third kappa shape index (κ3) is 4.52. The van der Waals surface area contributed by atoms with E-state index >= 15 is 0 Å². The quantitative estimate of drug-likeness (QED) is 0.246. The number of rotatable bonds is 5. The fourth-order valence-corrected chi connectivity index (χ4v) is 5.93. The monoisotopic (exact) mass is 517 g/mol. The molecule has 2 atom stereocenters. The summed E-state index contributed by atoms with van der Waals surface area (Å²) in [5.41, 5.74) is 11.6. The number of hydrogen-bond acceptors (Lipinski definition) is 2. The Balaban J connectivity index is 1.17. The summed E-state index contributed by atoms with van der Waals surface area (Å²) < 4.78 is 6.03. The van der Waals surface area contributed by atoms with Gasteiger partial charge in [-0.1, -0.05) is 97.9 Å². The number of anilines is 2. The minimum Gasteiger partial charge on any atom is -0.456 e. The second-order valence-corrected chi connectivity index (χ2v) is 10.8. The lowest BCUT2D eigenvalue weighted by Gasteiger charge is -2.25. The lowest BCUT2D eigenvalue weighted by Crippen LogP contribution is -2.10. The number of nitrogens with one attached hydrogen (secondary N) is 1. The van der Waals surface area contributed by atoms with Gasteiger partial charge in [-0.3, -0.25) is 0 Å². The zero-order chi connectivity index (χ0) is 27.1. The Labute approximate surface area is 235 Å². The Morgan fingerprint density at radius 3 is 2.17 bits per heavy atom. The molecule has 2 unspecified atom stereocenters. The molecule has 0 saturated carbocycles. The van der Waals surface area contributed by atoms with Gasteiger partial charge in [0.2, 0.25) is 0 Å². The molecule has 1 aliphatic carbocycles. The highest BCUT2D eigenvalue weighted by Crippen LogP contribution is 2.37. The second kappa shape index (κ2) is 10.1. The molecule has 6 aromatic rings. The first kappa shape index (κ1) is 24.2. The molecule has 1 heterocycles. The van der Waals surface area contributed by atoms with Crippen LogP contribution in [0.5, 0.6) is 0 Å². The van der Waals surface area contributed by atoms with Gasteiger partial charge in [0.25, 0.3) is 0 Å². The normalized spacial score (nSPS) is 16.8. The second-order valence-electron chi connectivity index (χ2n) is 10.8. The summed E-state index contributed by atoms with van der Waals surface area (Å²) in [4.78, 5) is 0. The molecule has 0 radical (unpaired) electrons. The van der Waals surface area contributed by atoms with Gasteiger partial charge >= 0.3 is 0 Å². The molecular weight excluding hydrogens is 486 g/mol. The van der Waals surface area contributed by atoms with Gasteiger partial charge in [0.15, 0.2) is 0 Å². The molecule has 0 fully saturated rings. The Kier molecular flexibility index (Phi) is 6.09. The smallest absolute Gasteiger partial charge is 0.135 e. The van der Waals surface area contributed by atoms with E-state index in [1.54, 1.807) is 0 Å². The van der Waals surface area contributed by atoms with E-state index < -0.39 is 0 Å². The maximum Gasteiger partial charge on any atom is 0.135 e. The van der Waals surface area contributed by atoms with Gasteiger partial charge in [-0.2, -0.15) is 0 Å². The fourth-order valence-electron chi connectivity index (χ4n) is 5.93. The topological polar surface area (TPSA) is 25.2 Å². The molecule has 0 bridgehead atoms. The van der Waals surface area contributed by atoms with Crippen LogP contribution in [0.3, 0.4) is 0 Å². The third-order valence-electron chi connectivity index (χ3n) is 8.11. The van der Waals surface area contributed by atoms with Gasteiger partial charge < -0.3 is 9.73 Å². The first-order valence-corrected chi connectivity index (χ1v) is 14.0. The summed E-state index contributed by atoms with van der Waals surface area (Å²) in [5, 5.41) is 5.94. The molecule has 0 amide bonds. The lowest BCUT2D eigenvalue weighted by molar-refractivity contribution is 0.634. The van der Waals surface area contributed by atoms with Crippen molar-refractivity contribution in [3.63, 3.8) is 0 Å². The standard InChI is InChI=1S/C38H31NO/c1-25-9-3-4-14-33(25)35-23-29(18-17-26(35)2)27-10-7-12-31(21-27)39-32-13-8-11-28(22-32)30-19-20-38-36(24-30)34-15-5-6-16-37(34)40-38/h3-24,26,35,39H,1-2H3. The molecular formula is C38H31NO. The van der Waals surface area contributed by atoms with E-state index in [9.17, 15) is 0 Å². The van der Waals surface area contributed by atoms with Gasteiger partial charge in [0, 0.05) is 28.1 Å². The number of para-hydroxylation sites is 1. The minimum atomic E-state index is 0.374. The van der Waals surface area contributed by atoms with Crippen molar-refractivity contribution in [2.24, 2.45) is 5.92 Å². The number of benzene rings is 5. The van der Waals surface area contributed by atoms with Crippen molar-refractivity contribution in [1.82, 2.24) is 0 Å². The van der Waals surface area contributed by atoms with Crippen LogP contribution in [0, 0.1) is 12.8 Å². The van der Waals surface area contributed by atoms with Crippen molar-refractivity contribution in [1.29, 1.82) is 0 Å². The highest BCUT2D eigenvalue weighted by molar-refractivity contribution is 6.06. The Bertz CT molecular complexity index is 1920. The molecule has 0 spiro atoms. The SMILES string of the molecule is Cc1ccccc1C1C=C(c2cccc(Nc3cccc(-c4ccc5oc6ccccc6c5c4)c3)c2)C=CC1C. The molecule has 0 saturated heterocycles. The number of aryl methyl sites for hydroxylation is 1. The van der Waals surface area contributed by atoms with Crippen LogP contribution in [0.2, 0.25) is 0 Å². The van der Waals surface area contributed by atoms with E-state index in [4.69, 9.17) is 4.42 Å². The summed E-state index contributed by atoms with van der Waals surface area (Å²) in [6.07, 6.45) is 7.05. The fraction of sp³-hybridized carbons (Fsp3) is 0.105. The van der Waals surface area contributed by atoms with Crippen molar-refractivity contribution in [3.05, 3.63) is 150 Å². The van der Waals surface area contributed by atoms with E-state index in [-0.39, 0.29) is 0 Å². The highest BCUT2D eigenvalue weighted by atomic mass is 16.3. The summed E-state index contributed by atoms with van der Waals surface area (Å²) in [5.74, 6) is 0.840. The Hall–Kier alpha value is -4.82. The Morgan fingerprint density at radius 1 is 0.625 bits per heavy atom. The van der Waals surface area contributed by atoms with Gasteiger partial charge in [0.1, 0.15) is 11.2 Å². The van der Waals surface area contributed by atoms with Crippen LogP contribution in [-0.4, -0.2) is 0 Å². The lowest BCUT2D eigenvalue weighted by atomic mass is 9.79. The van der Waals surface area contributed by atoms with Crippen LogP contribution in [0.1, 0.15) is 29.5 Å². The number of allylic oxidation sites excluding steroid dienone is 4. The van der Waals surface area contributed by atoms with Gasteiger partial charge in [0.05, 0.1) is 0 Å². The van der Waals surface area contributed by atoms with Crippen LogP contribution in [0.25, 0.3) is 38.6 Å². The van der Waals surface area contributed by atoms with E-state index in [1.165, 1.54) is 33.4 Å². The maximum absolute atomic E-state index is 6.03. The highest BCUT2D eigenvalue weighted by Gasteiger charge is 2.21. The average Bonchev–Trinajstić information content (AvgIpc) is 3.36. The minimum absolute atomic E-state index is 0.374. The van der Waals surface area contributed by atoms with E-state index in [2.05, 4.69) is 141 Å². The van der Waals surface area contributed by atoms with E-state index in [0.29, 0.717) is 11.8 Å². The van der Waals surface area contributed by atoms with Crippen LogP contribution in [0.4, 0.5) is 11.4 Å². The summed E-state index contributed by atoms with van der Waals surface area (Å²) >= 11 is 0. The largest absolute Gasteiger partial charge is 0.456 e. The number of fused-ring (bicyclic) bond motifs is 3. The van der Waals surface area contributed by atoms with Crippen LogP contribution < -0.4 is 5.32 Å². The van der Waals surface area contributed by atoms with Crippen molar-refractivity contribution in [2.45, 2.75) is 19.8 Å². The number of hydrogen-bond donors (Lipinski definition) is 1. The molecule has 2 heteroatoms. The van der Waals surface area contributed by atoms with Crippen molar-refractivity contribution >= 4 is 38.9 Å². The molecule has 40 heavy (non-hydrogen) atoms. The first-order valence-electron chi connectivity index (χ1n) is 14.0. The van der Waals surface area contributed by atoms with Crippen molar-refractivity contribution < 1.29 is 4.42 Å². The molecule has 0 aliphatic heterocycles. The van der Waals surface area contributed by atoms with Gasteiger partial charge in [-0.05, 0) is 88.7 Å². The van der Waals surface area contributed by atoms with Crippen LogP contribution in [0.15, 0.2) is 138 Å². The maximum atomic E-state index is 6.03. The van der Waals surface area contributed by atoms with Gasteiger partial charge in [-0.25, -0.2) is 0 Å². The molecule has 5 aromatic carbocycles. The van der Waals surface area contributed by atoms with Crippen molar-refractivity contribution in [3.8, 4) is 11.1 Å². The van der Waals surface area contributed by atoms with E-state index in [1.807, 2.05) is 12.1 Å². The summed E-state index contributed by atoms with van der Waals surface area (Å²) in [6, 6.07) is 40.7. The predicted octanol–water partition coefficient (Wildman–Crippen LogP) is 10.7. The molecule has 1 aliphatic rings. The summed E-state index contributed by atoms with van der Waals surface area (Å²) in [7, 11) is 0. The van der Waals surface area contributed by atoms with Crippen molar-refractivity contribution in [2.75, 3.05) is 5.32 Å². The predicted molar refractivity (Wildman–Crippen MR) is 169 cm³/mol. The molecule has 194 valence electrons. The van der Waals surface area contributed by atoms with Gasteiger partial charge in [-0.15, -0.1) is 0 Å². The molecule has 2 nitrogen and oxygen atoms in total. The van der Waals surface area contributed by atoms with Crippen LogP contribution >= 0.6 is 0 Å². The van der Waals surface area contributed by atoms with E-state index in [0.717, 1.165) is 33.3 Å².